The van der Waals surface area contributed by atoms with Gasteiger partial charge in [-0.1, -0.05) is 12.1 Å². The fourth-order valence-corrected chi connectivity index (χ4v) is 1.94. The van der Waals surface area contributed by atoms with Crippen molar-refractivity contribution in [1.29, 1.82) is 0 Å². The number of aryl methyl sites for hydroxylation is 1. The lowest BCUT2D eigenvalue weighted by Gasteiger charge is -2.03. The highest BCUT2D eigenvalue weighted by molar-refractivity contribution is 7.71. The van der Waals surface area contributed by atoms with Gasteiger partial charge in [0.2, 0.25) is 0 Å². The molecule has 0 saturated heterocycles. The molecule has 2 rings (SSSR count). The van der Waals surface area contributed by atoms with Crippen molar-refractivity contribution in [3.63, 3.8) is 0 Å². The van der Waals surface area contributed by atoms with E-state index in [1.54, 1.807) is 6.92 Å². The SMILES string of the molecule is CCOC(=O)CCn1c(=S)oc2ccccc21. The van der Waals surface area contributed by atoms with Crippen molar-refractivity contribution in [1.82, 2.24) is 4.57 Å². The zero-order chi connectivity index (χ0) is 12.3. The number of oxazole rings is 1. The molecule has 1 aromatic carbocycles. The van der Waals surface area contributed by atoms with Crippen LogP contribution >= 0.6 is 12.2 Å². The Kier molecular flexibility index (Phi) is 3.58. The summed E-state index contributed by atoms with van der Waals surface area (Å²) in [5.74, 6) is -0.223. The number of carbonyl (C=O) groups excluding carboxylic acids is 1. The summed E-state index contributed by atoms with van der Waals surface area (Å²) in [6.45, 7) is 2.67. The molecule has 0 radical (unpaired) electrons. The molecule has 0 bridgehead atoms. The smallest absolute Gasteiger partial charge is 0.307 e. The van der Waals surface area contributed by atoms with Crippen LogP contribution in [0.4, 0.5) is 0 Å². The van der Waals surface area contributed by atoms with E-state index in [2.05, 4.69) is 0 Å². The fourth-order valence-electron chi connectivity index (χ4n) is 1.66. The molecule has 1 aromatic heterocycles. The average molecular weight is 251 g/mol. The number of carbonyl (C=O) groups is 1. The first kappa shape index (κ1) is 11.9. The molecule has 5 heteroatoms. The van der Waals surface area contributed by atoms with E-state index in [0.717, 1.165) is 11.1 Å². The van der Waals surface area contributed by atoms with Gasteiger partial charge in [0.05, 0.1) is 18.5 Å². The second kappa shape index (κ2) is 5.14. The van der Waals surface area contributed by atoms with Crippen LogP contribution in [0.1, 0.15) is 13.3 Å². The molecule has 4 nitrogen and oxygen atoms in total. The maximum absolute atomic E-state index is 11.3. The summed E-state index contributed by atoms with van der Waals surface area (Å²) >= 11 is 5.11. The van der Waals surface area contributed by atoms with Gasteiger partial charge in [0.15, 0.2) is 5.58 Å². The Labute approximate surface area is 104 Å². The minimum absolute atomic E-state index is 0.223. The molecule has 0 N–H and O–H groups in total. The average Bonchev–Trinajstić information content (AvgIpc) is 2.62. The second-order valence-electron chi connectivity index (χ2n) is 3.54. The van der Waals surface area contributed by atoms with Crippen LogP contribution < -0.4 is 0 Å². The Morgan fingerprint density at radius 1 is 1.47 bits per heavy atom. The van der Waals surface area contributed by atoms with Gasteiger partial charge in [0.25, 0.3) is 4.84 Å². The molecule has 0 aliphatic carbocycles. The van der Waals surface area contributed by atoms with E-state index < -0.39 is 0 Å². The van der Waals surface area contributed by atoms with E-state index in [1.165, 1.54) is 0 Å². The van der Waals surface area contributed by atoms with Crippen LogP contribution in [0.15, 0.2) is 28.7 Å². The number of rotatable bonds is 4. The molecular formula is C12H13NO3S. The molecule has 0 atom stereocenters. The first-order valence-electron chi connectivity index (χ1n) is 5.46. The van der Waals surface area contributed by atoms with Gasteiger partial charge in [-0.25, -0.2) is 0 Å². The molecule has 0 fully saturated rings. The van der Waals surface area contributed by atoms with Gasteiger partial charge in [-0.3, -0.25) is 9.36 Å². The van der Waals surface area contributed by atoms with Gasteiger partial charge < -0.3 is 9.15 Å². The van der Waals surface area contributed by atoms with Crippen LogP contribution in [0.3, 0.4) is 0 Å². The minimum Gasteiger partial charge on any atom is -0.466 e. The highest BCUT2D eigenvalue weighted by Crippen LogP contribution is 2.17. The molecular weight excluding hydrogens is 238 g/mol. The van der Waals surface area contributed by atoms with Crippen molar-refractivity contribution in [3.8, 4) is 0 Å². The summed E-state index contributed by atoms with van der Waals surface area (Å²) in [6.07, 6.45) is 0.297. The van der Waals surface area contributed by atoms with Crippen molar-refractivity contribution >= 4 is 29.3 Å². The number of aromatic nitrogens is 1. The highest BCUT2D eigenvalue weighted by atomic mass is 32.1. The maximum Gasteiger partial charge on any atom is 0.307 e. The Hall–Kier alpha value is -1.62. The van der Waals surface area contributed by atoms with E-state index in [-0.39, 0.29) is 5.97 Å². The molecule has 90 valence electrons. The molecule has 2 aromatic rings. The summed E-state index contributed by atoms with van der Waals surface area (Å²) in [5.41, 5.74) is 1.64. The first-order valence-corrected chi connectivity index (χ1v) is 5.87. The second-order valence-corrected chi connectivity index (χ2v) is 3.89. The number of benzene rings is 1. The van der Waals surface area contributed by atoms with Crippen molar-refractivity contribution in [3.05, 3.63) is 29.1 Å². The lowest BCUT2D eigenvalue weighted by atomic mass is 10.3. The third-order valence-corrected chi connectivity index (χ3v) is 2.72. The number of nitrogens with zero attached hydrogens (tertiary/aromatic N) is 1. The summed E-state index contributed by atoms with van der Waals surface area (Å²) in [7, 11) is 0. The van der Waals surface area contributed by atoms with Crippen molar-refractivity contribution in [2.24, 2.45) is 0 Å². The molecule has 0 spiro atoms. The van der Waals surface area contributed by atoms with Gasteiger partial charge in [-0.2, -0.15) is 0 Å². The van der Waals surface area contributed by atoms with Crippen LogP contribution in [-0.4, -0.2) is 17.1 Å². The summed E-state index contributed by atoms with van der Waals surface area (Å²) < 4.78 is 12.1. The number of hydrogen-bond acceptors (Lipinski definition) is 4. The molecule has 0 aliphatic heterocycles. The van der Waals surface area contributed by atoms with Crippen LogP contribution in [0.5, 0.6) is 0 Å². The Morgan fingerprint density at radius 2 is 2.24 bits per heavy atom. The Morgan fingerprint density at radius 3 is 3.00 bits per heavy atom. The number of ether oxygens (including phenoxy) is 1. The van der Waals surface area contributed by atoms with Crippen molar-refractivity contribution in [2.45, 2.75) is 19.9 Å². The number of fused-ring (bicyclic) bond motifs is 1. The number of para-hydroxylation sites is 2. The van der Waals surface area contributed by atoms with Gasteiger partial charge in [-0.05, 0) is 31.3 Å². The summed E-state index contributed by atoms with van der Waals surface area (Å²) in [4.78, 5) is 11.7. The minimum atomic E-state index is -0.223. The van der Waals surface area contributed by atoms with Crippen LogP contribution in [0, 0.1) is 4.84 Å². The summed E-state index contributed by atoms with van der Waals surface area (Å²) in [6, 6.07) is 7.57. The maximum atomic E-state index is 11.3. The van der Waals surface area contributed by atoms with E-state index >= 15 is 0 Å². The fraction of sp³-hybridized carbons (Fsp3) is 0.333. The predicted molar refractivity (Wildman–Crippen MR) is 66.3 cm³/mol. The lowest BCUT2D eigenvalue weighted by Crippen LogP contribution is -2.08. The van der Waals surface area contributed by atoms with Gasteiger partial charge in [-0.15, -0.1) is 0 Å². The van der Waals surface area contributed by atoms with E-state index in [0.29, 0.717) is 24.4 Å². The normalized spacial score (nSPS) is 10.6. The predicted octanol–water partition coefficient (Wildman–Crippen LogP) is 2.92. The molecule has 17 heavy (non-hydrogen) atoms. The lowest BCUT2D eigenvalue weighted by molar-refractivity contribution is -0.143. The molecule has 0 saturated carbocycles. The summed E-state index contributed by atoms with van der Waals surface area (Å²) in [5, 5.41) is 0. The Bertz CT molecular complexity index is 585. The highest BCUT2D eigenvalue weighted by Gasteiger charge is 2.08. The first-order chi connectivity index (χ1) is 8.22. The van der Waals surface area contributed by atoms with Crippen molar-refractivity contribution < 1.29 is 13.9 Å². The molecule has 1 heterocycles. The standard InChI is InChI=1S/C12H13NO3S/c1-2-15-11(14)7-8-13-9-5-3-4-6-10(9)16-12(13)17/h3-6H,2,7-8H2,1H3. The third kappa shape index (κ3) is 2.55. The van der Waals surface area contributed by atoms with Crippen LogP contribution in [-0.2, 0) is 16.1 Å². The molecule has 0 amide bonds. The van der Waals surface area contributed by atoms with E-state index in [9.17, 15) is 4.79 Å². The van der Waals surface area contributed by atoms with Gasteiger partial charge in [0, 0.05) is 6.54 Å². The topological polar surface area (TPSA) is 44.4 Å². The van der Waals surface area contributed by atoms with Crippen LogP contribution in [0.2, 0.25) is 0 Å². The van der Waals surface area contributed by atoms with Crippen molar-refractivity contribution in [2.75, 3.05) is 6.61 Å². The van der Waals surface area contributed by atoms with Crippen LogP contribution in [0.25, 0.3) is 11.1 Å². The Balaban J connectivity index is 2.21. The quantitative estimate of drug-likeness (QED) is 0.619. The number of esters is 1. The zero-order valence-electron chi connectivity index (χ0n) is 9.51. The number of hydrogen-bond donors (Lipinski definition) is 0. The largest absolute Gasteiger partial charge is 0.466 e. The van der Waals surface area contributed by atoms with E-state index in [1.807, 2.05) is 28.8 Å². The third-order valence-electron chi connectivity index (χ3n) is 2.42. The molecule has 0 aliphatic rings. The monoisotopic (exact) mass is 251 g/mol. The van der Waals surface area contributed by atoms with Gasteiger partial charge >= 0.3 is 5.97 Å². The zero-order valence-corrected chi connectivity index (χ0v) is 10.3. The molecule has 0 unspecified atom stereocenters. The van der Waals surface area contributed by atoms with E-state index in [4.69, 9.17) is 21.4 Å². The van der Waals surface area contributed by atoms with Gasteiger partial charge in [0.1, 0.15) is 0 Å².